The fourth-order valence-corrected chi connectivity index (χ4v) is 2.30. The monoisotopic (exact) mass is 411 g/mol. The van der Waals surface area contributed by atoms with E-state index in [1.54, 1.807) is 31.1 Å². The number of nitro groups is 1. The molecular weight excluding hydrogens is 395 g/mol. The third-order valence-corrected chi connectivity index (χ3v) is 3.73. The van der Waals surface area contributed by atoms with Crippen LogP contribution in [-0.4, -0.2) is 37.5 Å². The molecule has 0 aliphatic rings. The maximum absolute atomic E-state index is 13.1. The zero-order valence-corrected chi connectivity index (χ0v) is 15.3. The number of halogens is 3. The lowest BCUT2D eigenvalue weighted by molar-refractivity contribution is -0.385. The first-order chi connectivity index (χ1) is 13.5. The second-order valence-electron chi connectivity index (χ2n) is 6.05. The lowest BCUT2D eigenvalue weighted by Gasteiger charge is -2.14. The summed E-state index contributed by atoms with van der Waals surface area (Å²) in [7, 11) is 3.53. The SMILES string of the molecule is CN(C)c1cccc(C(=O)OCC(=O)Nc2ccc([N+](=O)[O-])cc2C(F)(F)F)c1. The van der Waals surface area contributed by atoms with Gasteiger partial charge in [-0.05, 0) is 24.3 Å². The highest BCUT2D eigenvalue weighted by molar-refractivity contribution is 5.96. The van der Waals surface area contributed by atoms with Crippen molar-refractivity contribution in [2.45, 2.75) is 6.18 Å². The Morgan fingerprint density at radius 3 is 2.45 bits per heavy atom. The zero-order valence-electron chi connectivity index (χ0n) is 15.3. The fraction of sp³-hybridized carbons (Fsp3) is 0.222. The van der Waals surface area contributed by atoms with Crippen LogP contribution in [-0.2, 0) is 15.7 Å². The molecule has 0 heterocycles. The molecule has 11 heteroatoms. The number of ether oxygens (including phenoxy) is 1. The molecule has 8 nitrogen and oxygen atoms in total. The van der Waals surface area contributed by atoms with Gasteiger partial charge in [0.2, 0.25) is 0 Å². The molecule has 1 amide bonds. The lowest BCUT2D eigenvalue weighted by Crippen LogP contribution is -2.23. The van der Waals surface area contributed by atoms with Crippen molar-refractivity contribution in [2.24, 2.45) is 0 Å². The average Bonchev–Trinajstić information content (AvgIpc) is 2.65. The molecular formula is C18H16F3N3O5. The Morgan fingerprint density at radius 2 is 1.86 bits per heavy atom. The maximum Gasteiger partial charge on any atom is 0.418 e. The average molecular weight is 411 g/mol. The van der Waals surface area contributed by atoms with Crippen molar-refractivity contribution < 1.29 is 32.4 Å². The number of benzene rings is 2. The van der Waals surface area contributed by atoms with E-state index in [2.05, 4.69) is 0 Å². The van der Waals surface area contributed by atoms with Crippen molar-refractivity contribution in [1.29, 1.82) is 0 Å². The van der Waals surface area contributed by atoms with E-state index in [1.165, 1.54) is 12.1 Å². The normalized spacial score (nSPS) is 10.9. The Balaban J connectivity index is 2.08. The summed E-state index contributed by atoms with van der Waals surface area (Å²) in [5, 5.41) is 12.6. The van der Waals surface area contributed by atoms with E-state index < -0.39 is 46.5 Å². The fourth-order valence-electron chi connectivity index (χ4n) is 2.30. The van der Waals surface area contributed by atoms with Crippen LogP contribution in [0.15, 0.2) is 42.5 Å². The second kappa shape index (κ2) is 8.59. The van der Waals surface area contributed by atoms with E-state index in [0.717, 1.165) is 12.1 Å². The summed E-state index contributed by atoms with van der Waals surface area (Å²) in [6, 6.07) is 8.25. The quantitative estimate of drug-likeness (QED) is 0.444. The Labute approximate surface area is 163 Å². The Kier molecular flexibility index (Phi) is 6.42. The molecule has 0 aromatic heterocycles. The number of carbonyl (C=O) groups excluding carboxylic acids is 2. The molecule has 1 N–H and O–H groups in total. The van der Waals surface area contributed by atoms with Gasteiger partial charge >= 0.3 is 12.1 Å². The summed E-state index contributed by atoms with van der Waals surface area (Å²) in [5.74, 6) is -1.86. The number of non-ortho nitro benzene ring substituents is 1. The smallest absolute Gasteiger partial charge is 0.418 e. The number of nitrogens with one attached hydrogen (secondary N) is 1. The molecule has 2 rings (SSSR count). The van der Waals surface area contributed by atoms with Crippen LogP contribution in [0.2, 0.25) is 0 Å². The number of anilines is 2. The van der Waals surface area contributed by atoms with Crippen LogP contribution in [0.3, 0.4) is 0 Å². The van der Waals surface area contributed by atoms with Crippen LogP contribution in [0.4, 0.5) is 30.2 Å². The highest BCUT2D eigenvalue weighted by atomic mass is 19.4. The van der Waals surface area contributed by atoms with E-state index in [9.17, 15) is 32.9 Å². The molecule has 0 fully saturated rings. The number of nitro benzene ring substituents is 1. The number of nitrogens with zero attached hydrogens (tertiary/aromatic N) is 2. The summed E-state index contributed by atoms with van der Waals surface area (Å²) in [5.41, 5.74) is -1.97. The summed E-state index contributed by atoms with van der Waals surface area (Å²) in [6.07, 6.45) is -4.93. The number of esters is 1. The van der Waals surface area contributed by atoms with E-state index in [4.69, 9.17) is 4.74 Å². The first kappa shape index (κ1) is 21.7. The highest BCUT2D eigenvalue weighted by Crippen LogP contribution is 2.37. The Bertz CT molecular complexity index is 945. The molecule has 0 aliphatic heterocycles. The molecule has 0 saturated heterocycles. The summed E-state index contributed by atoms with van der Waals surface area (Å²) < 4.78 is 44.2. The first-order valence-electron chi connectivity index (χ1n) is 8.09. The van der Waals surface area contributed by atoms with Gasteiger partial charge in [-0.3, -0.25) is 14.9 Å². The van der Waals surface area contributed by atoms with Crippen molar-refractivity contribution in [3.63, 3.8) is 0 Å². The molecule has 154 valence electrons. The topological polar surface area (TPSA) is 102 Å². The number of alkyl halides is 3. The molecule has 0 saturated carbocycles. The van der Waals surface area contributed by atoms with E-state index in [0.29, 0.717) is 11.8 Å². The summed E-state index contributed by atoms with van der Waals surface area (Å²) >= 11 is 0. The van der Waals surface area contributed by atoms with Crippen molar-refractivity contribution in [3.8, 4) is 0 Å². The molecule has 0 atom stereocenters. The van der Waals surface area contributed by atoms with Crippen molar-refractivity contribution in [3.05, 3.63) is 63.7 Å². The third kappa shape index (κ3) is 5.67. The lowest BCUT2D eigenvalue weighted by atomic mass is 10.1. The highest BCUT2D eigenvalue weighted by Gasteiger charge is 2.35. The van der Waals surface area contributed by atoms with Gasteiger partial charge in [-0.2, -0.15) is 13.2 Å². The molecule has 29 heavy (non-hydrogen) atoms. The molecule has 0 bridgehead atoms. The van der Waals surface area contributed by atoms with Gasteiger partial charge in [0, 0.05) is 31.9 Å². The zero-order chi connectivity index (χ0) is 21.8. The minimum absolute atomic E-state index is 0.162. The molecule has 0 radical (unpaired) electrons. The van der Waals surface area contributed by atoms with Crippen molar-refractivity contribution >= 4 is 28.9 Å². The first-order valence-corrected chi connectivity index (χ1v) is 8.09. The number of hydrogen-bond acceptors (Lipinski definition) is 6. The third-order valence-electron chi connectivity index (χ3n) is 3.73. The van der Waals surface area contributed by atoms with Crippen LogP contribution in [0.25, 0.3) is 0 Å². The Morgan fingerprint density at radius 1 is 1.17 bits per heavy atom. The number of rotatable bonds is 6. The van der Waals surface area contributed by atoms with Gasteiger partial charge < -0.3 is 15.0 Å². The van der Waals surface area contributed by atoms with Crippen LogP contribution in [0.5, 0.6) is 0 Å². The number of carbonyl (C=O) groups is 2. The number of amides is 1. The Hall–Kier alpha value is -3.63. The largest absolute Gasteiger partial charge is 0.452 e. The summed E-state index contributed by atoms with van der Waals surface area (Å²) in [6.45, 7) is -0.834. The van der Waals surface area contributed by atoms with Gasteiger partial charge in [0.05, 0.1) is 21.7 Å². The molecule has 2 aromatic carbocycles. The minimum Gasteiger partial charge on any atom is -0.452 e. The van der Waals surface area contributed by atoms with Gasteiger partial charge in [0.15, 0.2) is 6.61 Å². The standard InChI is InChI=1S/C18H16F3N3O5/c1-23(2)12-5-3-4-11(8-12)17(26)29-10-16(25)22-15-7-6-13(24(27)28)9-14(15)18(19,20)21/h3-9H,10H2,1-2H3,(H,22,25). The van der Waals surface area contributed by atoms with Gasteiger partial charge in [-0.15, -0.1) is 0 Å². The summed E-state index contributed by atoms with van der Waals surface area (Å²) in [4.78, 5) is 35.4. The van der Waals surface area contributed by atoms with Crippen LogP contribution in [0.1, 0.15) is 15.9 Å². The van der Waals surface area contributed by atoms with Gasteiger partial charge in [-0.25, -0.2) is 4.79 Å². The van der Waals surface area contributed by atoms with Crippen LogP contribution in [0, 0.1) is 10.1 Å². The van der Waals surface area contributed by atoms with Gasteiger partial charge in [-0.1, -0.05) is 6.07 Å². The molecule has 2 aromatic rings. The van der Waals surface area contributed by atoms with E-state index in [-0.39, 0.29) is 5.56 Å². The number of hydrogen-bond donors (Lipinski definition) is 1. The predicted molar refractivity (Wildman–Crippen MR) is 97.8 cm³/mol. The van der Waals surface area contributed by atoms with Crippen LogP contribution >= 0.6 is 0 Å². The predicted octanol–water partition coefficient (Wildman–Crippen LogP) is 3.48. The minimum atomic E-state index is -4.93. The molecule has 0 aliphatic carbocycles. The van der Waals surface area contributed by atoms with Crippen molar-refractivity contribution in [1.82, 2.24) is 0 Å². The van der Waals surface area contributed by atoms with Crippen LogP contribution < -0.4 is 10.2 Å². The molecule has 0 spiro atoms. The maximum atomic E-state index is 13.1. The second-order valence-corrected chi connectivity index (χ2v) is 6.05. The van der Waals surface area contributed by atoms with E-state index in [1.807, 2.05) is 5.32 Å². The van der Waals surface area contributed by atoms with E-state index >= 15 is 0 Å². The van der Waals surface area contributed by atoms with Gasteiger partial charge in [0.1, 0.15) is 0 Å². The van der Waals surface area contributed by atoms with Gasteiger partial charge in [0.25, 0.3) is 11.6 Å². The van der Waals surface area contributed by atoms with Crippen molar-refractivity contribution in [2.75, 3.05) is 30.9 Å². The molecule has 0 unspecified atom stereocenters.